The molecule has 0 radical (unpaired) electrons. The third-order valence-corrected chi connectivity index (χ3v) is 5.80. The van der Waals surface area contributed by atoms with Crippen LogP contribution in [0.4, 0.5) is 4.39 Å². The third kappa shape index (κ3) is 4.19. The van der Waals surface area contributed by atoms with Crippen LogP contribution in [-0.2, 0) is 10.0 Å². The first kappa shape index (κ1) is 19.4. The van der Waals surface area contributed by atoms with Gasteiger partial charge in [-0.3, -0.25) is 0 Å². The number of hydrogen-bond acceptors (Lipinski definition) is 3. The van der Waals surface area contributed by atoms with Gasteiger partial charge in [0.15, 0.2) is 0 Å². The molecular weight excluding hydrogens is 327 g/mol. The molecule has 126 valence electrons. The average molecular weight is 351 g/mol. The lowest BCUT2D eigenvalue weighted by molar-refractivity contribution is 0.261. The number of aryl methyl sites for hydroxylation is 1. The molecule has 1 heterocycles. The molecule has 0 bridgehead atoms. The Hall–Kier alpha value is -0.690. The summed E-state index contributed by atoms with van der Waals surface area (Å²) < 4.78 is 41.2. The van der Waals surface area contributed by atoms with Crippen LogP contribution in [0.2, 0.25) is 0 Å². The molecule has 4 nitrogen and oxygen atoms in total. The molecule has 1 aliphatic heterocycles. The Morgan fingerprint density at radius 1 is 1.32 bits per heavy atom. The molecule has 1 fully saturated rings. The fourth-order valence-electron chi connectivity index (χ4n) is 2.75. The molecule has 0 aliphatic carbocycles. The lowest BCUT2D eigenvalue weighted by Crippen LogP contribution is -2.46. The Labute approximate surface area is 138 Å². The van der Waals surface area contributed by atoms with Gasteiger partial charge in [0.2, 0.25) is 10.0 Å². The first-order valence-corrected chi connectivity index (χ1v) is 8.89. The number of nitrogens with zero attached hydrogens (tertiary/aromatic N) is 1. The van der Waals surface area contributed by atoms with Crippen molar-refractivity contribution in [3.8, 4) is 0 Å². The molecule has 0 aromatic heterocycles. The van der Waals surface area contributed by atoms with E-state index < -0.39 is 15.8 Å². The van der Waals surface area contributed by atoms with Crippen molar-refractivity contribution in [3.05, 3.63) is 29.6 Å². The third-order valence-electron chi connectivity index (χ3n) is 3.83. The highest BCUT2D eigenvalue weighted by Crippen LogP contribution is 2.25. The average Bonchev–Trinajstić information content (AvgIpc) is 2.48. The molecule has 0 amide bonds. The van der Waals surface area contributed by atoms with Crippen molar-refractivity contribution in [1.82, 2.24) is 9.62 Å². The summed E-state index contributed by atoms with van der Waals surface area (Å²) in [4.78, 5) is -0.200. The van der Waals surface area contributed by atoms with Crippen LogP contribution in [-0.4, -0.2) is 38.4 Å². The molecule has 2 rings (SSSR count). The lowest BCUT2D eigenvalue weighted by atomic mass is 10.1. The number of benzene rings is 1. The van der Waals surface area contributed by atoms with Crippen LogP contribution in [0.3, 0.4) is 0 Å². The fraction of sp³-hybridized carbons (Fsp3) is 0.600. The van der Waals surface area contributed by atoms with Crippen molar-refractivity contribution in [3.63, 3.8) is 0 Å². The van der Waals surface area contributed by atoms with Gasteiger partial charge in [-0.25, -0.2) is 12.8 Å². The topological polar surface area (TPSA) is 49.4 Å². The van der Waals surface area contributed by atoms with Crippen LogP contribution in [0, 0.1) is 12.7 Å². The van der Waals surface area contributed by atoms with Gasteiger partial charge in [-0.2, -0.15) is 4.31 Å². The summed E-state index contributed by atoms with van der Waals surface area (Å²) >= 11 is 0. The van der Waals surface area contributed by atoms with Gasteiger partial charge in [-0.15, -0.1) is 12.4 Å². The molecule has 1 aromatic rings. The lowest BCUT2D eigenvalue weighted by Gasteiger charge is -2.33. The van der Waals surface area contributed by atoms with Gasteiger partial charge in [0.1, 0.15) is 10.7 Å². The maximum Gasteiger partial charge on any atom is 0.246 e. The SMILES string of the molecule is CCCN(C1CCNCC1)S(=O)(=O)c1cc(C)ccc1F.Cl. The first-order valence-electron chi connectivity index (χ1n) is 7.45. The van der Waals surface area contributed by atoms with Gasteiger partial charge in [0.25, 0.3) is 0 Å². The Morgan fingerprint density at radius 3 is 2.55 bits per heavy atom. The van der Waals surface area contributed by atoms with Gasteiger partial charge >= 0.3 is 0 Å². The maximum atomic E-state index is 14.0. The standard InChI is InChI=1S/C15H23FN2O2S.ClH/c1-3-10-18(13-6-8-17-9-7-13)21(19,20)15-11-12(2)4-5-14(15)16;/h4-5,11,13,17H,3,6-10H2,1-2H3;1H. The second kappa shape index (κ2) is 8.24. The minimum Gasteiger partial charge on any atom is -0.317 e. The zero-order chi connectivity index (χ0) is 15.5. The molecule has 1 saturated heterocycles. The van der Waals surface area contributed by atoms with E-state index >= 15 is 0 Å². The first-order chi connectivity index (χ1) is 9.96. The Morgan fingerprint density at radius 2 is 1.95 bits per heavy atom. The number of halogens is 2. The van der Waals surface area contributed by atoms with E-state index in [0.717, 1.165) is 37.9 Å². The monoisotopic (exact) mass is 350 g/mol. The minimum atomic E-state index is -3.79. The largest absolute Gasteiger partial charge is 0.317 e. The van der Waals surface area contributed by atoms with Gasteiger partial charge in [0, 0.05) is 12.6 Å². The predicted octanol–water partition coefficient (Wildman–Crippen LogP) is 2.71. The molecular formula is C15H24ClFN2O2S. The molecule has 1 aromatic carbocycles. The Bertz CT molecular complexity index is 589. The molecule has 0 unspecified atom stereocenters. The highest BCUT2D eigenvalue weighted by molar-refractivity contribution is 7.89. The summed E-state index contributed by atoms with van der Waals surface area (Å²) in [5.41, 5.74) is 0.747. The summed E-state index contributed by atoms with van der Waals surface area (Å²) in [5.74, 6) is -0.671. The van der Waals surface area contributed by atoms with Crippen molar-refractivity contribution in [1.29, 1.82) is 0 Å². The minimum absolute atomic E-state index is 0. The highest BCUT2D eigenvalue weighted by atomic mass is 35.5. The van der Waals surface area contributed by atoms with Gasteiger partial charge < -0.3 is 5.32 Å². The van der Waals surface area contributed by atoms with Gasteiger partial charge in [-0.1, -0.05) is 13.0 Å². The molecule has 1 N–H and O–H groups in total. The van der Waals surface area contributed by atoms with Crippen molar-refractivity contribution in [2.24, 2.45) is 0 Å². The number of nitrogens with one attached hydrogen (secondary N) is 1. The Balaban J connectivity index is 0.00000242. The van der Waals surface area contributed by atoms with E-state index in [0.29, 0.717) is 6.54 Å². The van der Waals surface area contributed by atoms with Gasteiger partial charge in [-0.05, 0) is 57.0 Å². The van der Waals surface area contributed by atoms with Crippen LogP contribution < -0.4 is 5.32 Å². The zero-order valence-corrected chi connectivity index (χ0v) is 14.6. The normalized spacial score (nSPS) is 16.5. The smallest absolute Gasteiger partial charge is 0.246 e. The number of hydrogen-bond donors (Lipinski definition) is 1. The predicted molar refractivity (Wildman–Crippen MR) is 88.5 cm³/mol. The van der Waals surface area contributed by atoms with Crippen LogP contribution in [0.1, 0.15) is 31.7 Å². The van der Waals surface area contributed by atoms with Crippen molar-refractivity contribution in [2.45, 2.75) is 44.0 Å². The summed E-state index contributed by atoms with van der Waals surface area (Å²) in [6.45, 7) is 5.75. The molecule has 0 saturated carbocycles. The molecule has 1 aliphatic rings. The van der Waals surface area contributed by atoms with Crippen LogP contribution >= 0.6 is 12.4 Å². The molecule has 0 spiro atoms. The van der Waals surface area contributed by atoms with Crippen molar-refractivity contribution >= 4 is 22.4 Å². The Kier molecular flexibility index (Phi) is 7.25. The number of sulfonamides is 1. The highest BCUT2D eigenvalue weighted by Gasteiger charge is 2.33. The van der Waals surface area contributed by atoms with Crippen molar-refractivity contribution < 1.29 is 12.8 Å². The summed E-state index contributed by atoms with van der Waals surface area (Å²) in [7, 11) is -3.79. The van der Waals surface area contributed by atoms with E-state index in [4.69, 9.17) is 0 Å². The number of piperidine rings is 1. The van der Waals surface area contributed by atoms with Gasteiger partial charge in [0.05, 0.1) is 0 Å². The van der Waals surface area contributed by atoms with E-state index in [1.807, 2.05) is 6.92 Å². The summed E-state index contributed by atoms with van der Waals surface area (Å²) in [6.07, 6.45) is 2.26. The fourth-order valence-corrected chi connectivity index (χ4v) is 4.68. The van der Waals surface area contributed by atoms with E-state index in [1.54, 1.807) is 13.0 Å². The second-order valence-electron chi connectivity index (χ2n) is 5.53. The van der Waals surface area contributed by atoms with Crippen molar-refractivity contribution in [2.75, 3.05) is 19.6 Å². The van der Waals surface area contributed by atoms with E-state index in [9.17, 15) is 12.8 Å². The van der Waals surface area contributed by atoms with Crippen LogP contribution in [0.15, 0.2) is 23.1 Å². The summed E-state index contributed by atoms with van der Waals surface area (Å²) in [6, 6.07) is 4.20. The molecule has 7 heteroatoms. The molecule has 0 atom stereocenters. The summed E-state index contributed by atoms with van der Waals surface area (Å²) in [5, 5.41) is 3.23. The van der Waals surface area contributed by atoms with Crippen LogP contribution in [0.5, 0.6) is 0 Å². The second-order valence-corrected chi connectivity index (χ2v) is 7.39. The van der Waals surface area contributed by atoms with E-state index in [1.165, 1.54) is 16.4 Å². The zero-order valence-electron chi connectivity index (χ0n) is 13.0. The van der Waals surface area contributed by atoms with E-state index in [-0.39, 0.29) is 23.3 Å². The number of rotatable bonds is 5. The van der Waals surface area contributed by atoms with E-state index in [2.05, 4.69) is 5.32 Å². The molecule has 22 heavy (non-hydrogen) atoms. The quantitative estimate of drug-likeness (QED) is 0.888. The maximum absolute atomic E-state index is 14.0. The van der Waals surface area contributed by atoms with Crippen LogP contribution in [0.25, 0.3) is 0 Å².